The number of fused-ring (bicyclic) bond motifs is 1. The Balaban J connectivity index is 1.48. The first-order valence-corrected chi connectivity index (χ1v) is 7.76. The van der Waals surface area contributed by atoms with E-state index < -0.39 is 0 Å². The highest BCUT2D eigenvalue weighted by Crippen LogP contribution is 2.09. The SMILES string of the molecule is Cc1ccn2ncc(C(=O)NCc3ncn(-c4ccccc4)n3)c2n1. The molecule has 0 radical (unpaired) electrons. The van der Waals surface area contributed by atoms with E-state index in [2.05, 4.69) is 25.5 Å². The minimum atomic E-state index is -0.260. The van der Waals surface area contributed by atoms with Crippen molar-refractivity contribution in [3.8, 4) is 5.69 Å². The molecule has 3 aromatic heterocycles. The van der Waals surface area contributed by atoms with Crippen LogP contribution in [0.3, 0.4) is 0 Å². The van der Waals surface area contributed by atoms with Gasteiger partial charge in [-0.25, -0.2) is 19.2 Å². The van der Waals surface area contributed by atoms with Gasteiger partial charge in [-0.1, -0.05) is 18.2 Å². The van der Waals surface area contributed by atoms with Gasteiger partial charge >= 0.3 is 0 Å². The summed E-state index contributed by atoms with van der Waals surface area (Å²) in [5.41, 5.74) is 2.69. The molecule has 25 heavy (non-hydrogen) atoms. The number of para-hydroxylation sites is 1. The molecule has 0 unspecified atom stereocenters. The van der Waals surface area contributed by atoms with Crippen LogP contribution >= 0.6 is 0 Å². The summed E-state index contributed by atoms with van der Waals surface area (Å²) in [6.45, 7) is 2.09. The standard InChI is InChI=1S/C17H15N7O/c1-12-7-8-23-16(21-12)14(9-20-23)17(25)18-10-15-19-11-24(22-15)13-5-3-2-4-6-13/h2-9,11H,10H2,1H3,(H,18,25). The number of rotatable bonds is 4. The Morgan fingerprint density at radius 2 is 2.04 bits per heavy atom. The molecule has 1 aromatic carbocycles. The molecular weight excluding hydrogens is 318 g/mol. The Labute approximate surface area is 143 Å². The highest BCUT2D eigenvalue weighted by Gasteiger charge is 2.14. The van der Waals surface area contributed by atoms with Crippen molar-refractivity contribution in [3.05, 3.63) is 72.2 Å². The van der Waals surface area contributed by atoms with Gasteiger partial charge < -0.3 is 5.32 Å². The predicted octanol–water partition coefficient (Wildman–Crippen LogP) is 1.55. The van der Waals surface area contributed by atoms with Gasteiger partial charge in [0.1, 0.15) is 11.9 Å². The minimum Gasteiger partial charge on any atom is -0.344 e. The molecule has 124 valence electrons. The number of amides is 1. The second-order valence-corrected chi connectivity index (χ2v) is 5.52. The van der Waals surface area contributed by atoms with E-state index in [1.807, 2.05) is 43.3 Å². The van der Waals surface area contributed by atoms with Crippen LogP contribution in [0.5, 0.6) is 0 Å². The normalized spacial score (nSPS) is 10.9. The van der Waals surface area contributed by atoms with Crippen LogP contribution < -0.4 is 5.32 Å². The van der Waals surface area contributed by atoms with Gasteiger partial charge in [-0.15, -0.1) is 5.10 Å². The van der Waals surface area contributed by atoms with E-state index >= 15 is 0 Å². The van der Waals surface area contributed by atoms with E-state index in [0.717, 1.165) is 11.4 Å². The topological polar surface area (TPSA) is 90.0 Å². The number of carbonyl (C=O) groups excluding carboxylic acids is 1. The van der Waals surface area contributed by atoms with Crippen LogP contribution in [0.1, 0.15) is 21.9 Å². The molecule has 8 nitrogen and oxygen atoms in total. The number of carbonyl (C=O) groups is 1. The zero-order chi connectivity index (χ0) is 17.2. The van der Waals surface area contributed by atoms with E-state index in [9.17, 15) is 4.79 Å². The molecule has 0 aliphatic carbocycles. The van der Waals surface area contributed by atoms with Crippen LogP contribution in [0, 0.1) is 6.92 Å². The summed E-state index contributed by atoms with van der Waals surface area (Å²) >= 11 is 0. The number of aryl methyl sites for hydroxylation is 1. The van der Waals surface area contributed by atoms with Crippen molar-refractivity contribution in [2.24, 2.45) is 0 Å². The first-order chi connectivity index (χ1) is 12.2. The predicted molar refractivity (Wildman–Crippen MR) is 90.3 cm³/mol. The lowest BCUT2D eigenvalue weighted by Gasteiger charge is -2.02. The average Bonchev–Trinajstić information content (AvgIpc) is 3.27. The molecule has 3 heterocycles. The van der Waals surface area contributed by atoms with Crippen LogP contribution in [0.15, 0.2) is 55.1 Å². The lowest BCUT2D eigenvalue weighted by Crippen LogP contribution is -2.23. The summed E-state index contributed by atoms with van der Waals surface area (Å²) < 4.78 is 3.24. The van der Waals surface area contributed by atoms with Gasteiger partial charge in [-0.2, -0.15) is 5.10 Å². The van der Waals surface area contributed by atoms with Crippen molar-refractivity contribution >= 4 is 11.6 Å². The largest absolute Gasteiger partial charge is 0.344 e. The van der Waals surface area contributed by atoms with Gasteiger partial charge in [-0.05, 0) is 25.1 Å². The fourth-order valence-corrected chi connectivity index (χ4v) is 2.46. The second-order valence-electron chi connectivity index (χ2n) is 5.52. The highest BCUT2D eigenvalue weighted by molar-refractivity contribution is 5.99. The third-order valence-electron chi connectivity index (χ3n) is 3.72. The van der Waals surface area contributed by atoms with Crippen molar-refractivity contribution in [2.75, 3.05) is 0 Å². The molecule has 4 rings (SSSR count). The Hall–Kier alpha value is -3.55. The summed E-state index contributed by atoms with van der Waals surface area (Å²) in [4.78, 5) is 21.0. The van der Waals surface area contributed by atoms with Crippen molar-refractivity contribution in [2.45, 2.75) is 13.5 Å². The zero-order valence-electron chi connectivity index (χ0n) is 13.5. The molecule has 1 amide bonds. The van der Waals surface area contributed by atoms with Crippen LogP contribution in [-0.4, -0.2) is 35.3 Å². The number of hydrogen-bond acceptors (Lipinski definition) is 5. The second kappa shape index (κ2) is 6.16. The van der Waals surface area contributed by atoms with Gasteiger partial charge in [0.15, 0.2) is 11.5 Å². The molecule has 0 atom stereocenters. The van der Waals surface area contributed by atoms with Gasteiger partial charge in [-0.3, -0.25) is 4.79 Å². The minimum absolute atomic E-state index is 0.224. The van der Waals surface area contributed by atoms with Crippen LogP contribution in [0.4, 0.5) is 0 Å². The average molecular weight is 333 g/mol. The van der Waals surface area contributed by atoms with Crippen molar-refractivity contribution in [3.63, 3.8) is 0 Å². The maximum atomic E-state index is 12.4. The van der Waals surface area contributed by atoms with Crippen molar-refractivity contribution < 1.29 is 4.79 Å². The summed E-state index contributed by atoms with van der Waals surface area (Å²) in [6.07, 6.45) is 4.90. The lowest BCUT2D eigenvalue weighted by molar-refractivity contribution is 0.0951. The Morgan fingerprint density at radius 1 is 1.20 bits per heavy atom. The quantitative estimate of drug-likeness (QED) is 0.612. The summed E-state index contributed by atoms with van der Waals surface area (Å²) in [5.74, 6) is 0.266. The highest BCUT2D eigenvalue weighted by atomic mass is 16.1. The lowest BCUT2D eigenvalue weighted by atomic mass is 10.3. The number of hydrogen-bond donors (Lipinski definition) is 1. The molecule has 1 N–H and O–H groups in total. The molecule has 0 fully saturated rings. The van der Waals surface area contributed by atoms with E-state index in [1.54, 1.807) is 21.7 Å². The molecule has 8 heteroatoms. The van der Waals surface area contributed by atoms with E-state index in [0.29, 0.717) is 17.0 Å². The van der Waals surface area contributed by atoms with Crippen molar-refractivity contribution in [1.82, 2.24) is 34.7 Å². The molecular formula is C17H15N7O. The summed E-state index contributed by atoms with van der Waals surface area (Å²) in [5, 5.41) is 11.3. The molecule has 0 saturated carbocycles. The molecule has 0 saturated heterocycles. The third kappa shape index (κ3) is 2.97. The fraction of sp³-hybridized carbons (Fsp3) is 0.118. The van der Waals surface area contributed by atoms with E-state index in [4.69, 9.17) is 0 Å². The maximum Gasteiger partial charge on any atom is 0.257 e. The van der Waals surface area contributed by atoms with Crippen LogP contribution in [0.25, 0.3) is 11.3 Å². The number of aromatic nitrogens is 6. The molecule has 4 aromatic rings. The Morgan fingerprint density at radius 3 is 2.88 bits per heavy atom. The fourth-order valence-electron chi connectivity index (χ4n) is 2.46. The molecule has 0 bridgehead atoms. The van der Waals surface area contributed by atoms with Gasteiger partial charge in [0.05, 0.1) is 18.4 Å². The van der Waals surface area contributed by atoms with Crippen molar-refractivity contribution in [1.29, 1.82) is 0 Å². The van der Waals surface area contributed by atoms with E-state index in [1.165, 1.54) is 6.20 Å². The van der Waals surface area contributed by atoms with Gasteiger partial charge in [0, 0.05) is 11.9 Å². The number of nitrogens with one attached hydrogen (secondary N) is 1. The first kappa shape index (κ1) is 15.0. The smallest absolute Gasteiger partial charge is 0.257 e. The number of benzene rings is 1. The molecule has 0 aliphatic rings. The van der Waals surface area contributed by atoms with Crippen LogP contribution in [-0.2, 0) is 6.54 Å². The first-order valence-electron chi connectivity index (χ1n) is 7.76. The molecule has 0 aliphatic heterocycles. The van der Waals surface area contributed by atoms with Gasteiger partial charge in [0.2, 0.25) is 0 Å². The van der Waals surface area contributed by atoms with E-state index in [-0.39, 0.29) is 12.5 Å². The third-order valence-corrected chi connectivity index (χ3v) is 3.72. The Bertz CT molecular complexity index is 1040. The summed E-state index contributed by atoms with van der Waals surface area (Å²) in [6, 6.07) is 11.5. The summed E-state index contributed by atoms with van der Waals surface area (Å²) in [7, 11) is 0. The maximum absolute atomic E-state index is 12.4. The van der Waals surface area contributed by atoms with Crippen LogP contribution in [0.2, 0.25) is 0 Å². The zero-order valence-corrected chi connectivity index (χ0v) is 13.5. The Kier molecular flexibility index (Phi) is 3.70. The molecule has 0 spiro atoms. The van der Waals surface area contributed by atoms with Gasteiger partial charge in [0.25, 0.3) is 5.91 Å². The monoisotopic (exact) mass is 333 g/mol. The number of nitrogens with zero attached hydrogens (tertiary/aromatic N) is 6.